The van der Waals surface area contributed by atoms with Crippen LogP contribution in [0.5, 0.6) is 11.5 Å². The topological polar surface area (TPSA) is 114 Å². The second-order valence-corrected chi connectivity index (χ2v) is 11.5. The van der Waals surface area contributed by atoms with Gasteiger partial charge in [-0.05, 0) is 56.7 Å². The molecule has 0 bridgehead atoms. The zero-order valence-electron chi connectivity index (χ0n) is 19.1. The van der Waals surface area contributed by atoms with Gasteiger partial charge in [-0.2, -0.15) is 0 Å². The highest BCUT2D eigenvalue weighted by atomic mass is 32.2. The number of nitrogens with zero attached hydrogens (tertiary/aromatic N) is 1. The summed E-state index contributed by atoms with van der Waals surface area (Å²) in [5.41, 5.74) is 0.371. The third-order valence-electron chi connectivity index (χ3n) is 5.81. The maximum absolute atomic E-state index is 13.0. The Bertz CT molecular complexity index is 939. The van der Waals surface area contributed by atoms with Gasteiger partial charge in [0.05, 0.1) is 5.25 Å². The van der Waals surface area contributed by atoms with Gasteiger partial charge in [0.15, 0.2) is 11.5 Å². The number of amides is 2. The monoisotopic (exact) mass is 467 g/mol. The van der Waals surface area contributed by atoms with Crippen LogP contribution < -0.4 is 20.1 Å². The third-order valence-corrected chi connectivity index (χ3v) is 8.09. The molecular weight excluding hydrogens is 434 g/mol. The predicted octanol–water partition coefficient (Wildman–Crippen LogP) is 1.74. The van der Waals surface area contributed by atoms with Crippen molar-refractivity contribution >= 4 is 21.8 Å². The standard InChI is InChI=1S/C22H33N3O6S/c1-14(2)12-23-22(27)20(16-7-9-25(10-8-16)32(28,29)15(3)4)24-21(26)17-5-6-18-19(11-17)31-13-30-18/h5-6,11,14-16,20H,7-10,12-13H2,1-4H3,(H,23,27)(H,24,26)/t20-/m1/s1. The van der Waals surface area contributed by atoms with E-state index in [1.54, 1.807) is 32.0 Å². The zero-order valence-corrected chi connectivity index (χ0v) is 19.9. The summed E-state index contributed by atoms with van der Waals surface area (Å²) in [6.07, 6.45) is 0.986. The molecule has 0 radical (unpaired) electrons. The summed E-state index contributed by atoms with van der Waals surface area (Å²) in [5, 5.41) is 5.30. The Labute approximate surface area is 189 Å². The molecule has 32 heavy (non-hydrogen) atoms. The number of carbonyl (C=O) groups excluding carboxylic acids is 2. The molecule has 0 unspecified atom stereocenters. The number of hydrogen-bond acceptors (Lipinski definition) is 6. The molecule has 2 aliphatic rings. The smallest absolute Gasteiger partial charge is 0.252 e. The molecule has 0 aromatic heterocycles. The molecule has 9 nitrogen and oxygen atoms in total. The Hall–Kier alpha value is -2.33. The van der Waals surface area contributed by atoms with Crippen molar-refractivity contribution in [2.45, 2.75) is 51.8 Å². The molecule has 3 rings (SSSR count). The van der Waals surface area contributed by atoms with Gasteiger partial charge in [-0.25, -0.2) is 12.7 Å². The fraction of sp³-hybridized carbons (Fsp3) is 0.636. The second kappa shape index (κ2) is 10.1. The third kappa shape index (κ3) is 5.53. The van der Waals surface area contributed by atoms with E-state index in [-0.39, 0.29) is 30.4 Å². The van der Waals surface area contributed by atoms with E-state index in [2.05, 4.69) is 10.6 Å². The van der Waals surface area contributed by atoms with Crippen LogP contribution in [0.1, 0.15) is 50.9 Å². The molecule has 178 valence electrons. The lowest BCUT2D eigenvalue weighted by molar-refractivity contribution is -0.124. The lowest BCUT2D eigenvalue weighted by Gasteiger charge is -2.36. The Kier molecular flexibility index (Phi) is 7.66. The summed E-state index contributed by atoms with van der Waals surface area (Å²) in [7, 11) is -3.34. The largest absolute Gasteiger partial charge is 0.454 e. The first-order valence-electron chi connectivity index (χ1n) is 11.1. The molecular formula is C22H33N3O6S. The SMILES string of the molecule is CC(C)CNC(=O)[C@H](NC(=O)c1ccc2c(c1)OCO2)C1CCN(S(=O)(=O)C(C)C)CC1. The van der Waals surface area contributed by atoms with Gasteiger partial charge >= 0.3 is 0 Å². The van der Waals surface area contributed by atoms with E-state index in [1.807, 2.05) is 13.8 Å². The second-order valence-electron chi connectivity index (χ2n) is 8.99. The molecule has 1 fully saturated rings. The molecule has 1 saturated heterocycles. The highest BCUT2D eigenvalue weighted by Crippen LogP contribution is 2.32. The Morgan fingerprint density at radius 2 is 1.75 bits per heavy atom. The van der Waals surface area contributed by atoms with E-state index in [1.165, 1.54) is 4.31 Å². The number of benzene rings is 1. The molecule has 2 heterocycles. The normalized spacial score (nSPS) is 18.1. The van der Waals surface area contributed by atoms with Crippen LogP contribution in [0.2, 0.25) is 0 Å². The molecule has 10 heteroatoms. The van der Waals surface area contributed by atoms with Crippen molar-refractivity contribution in [2.24, 2.45) is 11.8 Å². The van der Waals surface area contributed by atoms with Crippen molar-refractivity contribution in [3.63, 3.8) is 0 Å². The Morgan fingerprint density at radius 1 is 1.09 bits per heavy atom. The maximum atomic E-state index is 13.0. The Balaban J connectivity index is 1.72. The first-order valence-corrected chi connectivity index (χ1v) is 12.6. The molecule has 2 aliphatic heterocycles. The highest BCUT2D eigenvalue weighted by molar-refractivity contribution is 7.89. The summed E-state index contributed by atoms with van der Waals surface area (Å²) in [4.78, 5) is 25.9. The fourth-order valence-electron chi connectivity index (χ4n) is 3.84. The number of piperidine rings is 1. The van der Waals surface area contributed by atoms with Crippen LogP contribution in [0, 0.1) is 11.8 Å². The molecule has 1 aromatic rings. The number of carbonyl (C=O) groups is 2. The van der Waals surface area contributed by atoms with Gasteiger partial charge < -0.3 is 20.1 Å². The first-order chi connectivity index (χ1) is 15.1. The molecule has 2 N–H and O–H groups in total. The molecule has 1 atom stereocenters. The van der Waals surface area contributed by atoms with Gasteiger partial charge in [-0.3, -0.25) is 9.59 Å². The van der Waals surface area contributed by atoms with Crippen LogP contribution in [0.4, 0.5) is 0 Å². The van der Waals surface area contributed by atoms with Crippen molar-refractivity contribution in [3.05, 3.63) is 23.8 Å². The number of hydrogen-bond donors (Lipinski definition) is 2. The number of rotatable bonds is 8. The van der Waals surface area contributed by atoms with E-state index in [4.69, 9.17) is 9.47 Å². The van der Waals surface area contributed by atoms with Crippen molar-refractivity contribution in [3.8, 4) is 11.5 Å². The minimum Gasteiger partial charge on any atom is -0.454 e. The lowest BCUT2D eigenvalue weighted by Crippen LogP contribution is -2.54. The van der Waals surface area contributed by atoms with E-state index in [0.717, 1.165) is 0 Å². The van der Waals surface area contributed by atoms with Crippen molar-refractivity contribution in [1.29, 1.82) is 0 Å². The van der Waals surface area contributed by atoms with Crippen molar-refractivity contribution < 1.29 is 27.5 Å². The van der Waals surface area contributed by atoms with Gasteiger partial charge in [0.25, 0.3) is 5.91 Å². The zero-order chi connectivity index (χ0) is 23.5. The first kappa shape index (κ1) is 24.3. The lowest BCUT2D eigenvalue weighted by atomic mass is 9.89. The summed E-state index contributed by atoms with van der Waals surface area (Å²) in [6.45, 7) is 8.59. The molecule has 0 spiro atoms. The quantitative estimate of drug-likeness (QED) is 0.602. The predicted molar refractivity (Wildman–Crippen MR) is 120 cm³/mol. The average Bonchev–Trinajstić information content (AvgIpc) is 3.23. The van der Waals surface area contributed by atoms with Gasteiger partial charge in [0, 0.05) is 25.2 Å². The number of sulfonamides is 1. The molecule has 2 amide bonds. The summed E-state index contributed by atoms with van der Waals surface area (Å²) >= 11 is 0. The van der Waals surface area contributed by atoms with Gasteiger partial charge in [-0.1, -0.05) is 13.8 Å². The van der Waals surface area contributed by atoms with E-state index in [0.29, 0.717) is 49.5 Å². The maximum Gasteiger partial charge on any atom is 0.252 e. The van der Waals surface area contributed by atoms with Gasteiger partial charge in [0.2, 0.25) is 22.7 Å². The minimum atomic E-state index is -3.34. The van der Waals surface area contributed by atoms with Crippen molar-refractivity contribution in [1.82, 2.24) is 14.9 Å². The van der Waals surface area contributed by atoms with E-state index >= 15 is 0 Å². The van der Waals surface area contributed by atoms with Crippen LogP contribution in [0.25, 0.3) is 0 Å². The van der Waals surface area contributed by atoms with E-state index in [9.17, 15) is 18.0 Å². The molecule has 1 aromatic carbocycles. The van der Waals surface area contributed by atoms with Gasteiger partial charge in [-0.15, -0.1) is 0 Å². The van der Waals surface area contributed by atoms with Gasteiger partial charge in [0.1, 0.15) is 6.04 Å². The van der Waals surface area contributed by atoms with Crippen LogP contribution in [-0.4, -0.2) is 62.3 Å². The molecule has 0 saturated carbocycles. The minimum absolute atomic E-state index is 0.110. The summed E-state index contributed by atoms with van der Waals surface area (Å²) in [5.74, 6) is 0.529. The molecule has 0 aliphatic carbocycles. The number of nitrogens with one attached hydrogen (secondary N) is 2. The van der Waals surface area contributed by atoms with Crippen LogP contribution in [-0.2, 0) is 14.8 Å². The average molecular weight is 468 g/mol. The van der Waals surface area contributed by atoms with Crippen LogP contribution in [0.3, 0.4) is 0 Å². The van der Waals surface area contributed by atoms with Crippen LogP contribution in [0.15, 0.2) is 18.2 Å². The van der Waals surface area contributed by atoms with Crippen LogP contribution >= 0.6 is 0 Å². The summed E-state index contributed by atoms with van der Waals surface area (Å²) < 4.78 is 37.1. The fourth-order valence-corrected chi connectivity index (χ4v) is 5.15. The number of ether oxygens (including phenoxy) is 2. The Morgan fingerprint density at radius 3 is 2.38 bits per heavy atom. The van der Waals surface area contributed by atoms with Crippen molar-refractivity contribution in [2.75, 3.05) is 26.4 Å². The number of fused-ring (bicyclic) bond motifs is 1. The highest BCUT2D eigenvalue weighted by Gasteiger charge is 2.36. The summed E-state index contributed by atoms with van der Waals surface area (Å²) in [6, 6.07) is 4.14. The van der Waals surface area contributed by atoms with E-state index < -0.39 is 21.3 Å².